The number of rotatable bonds is 6. The van der Waals surface area contributed by atoms with Crippen molar-refractivity contribution in [1.29, 1.82) is 0 Å². The first kappa shape index (κ1) is 20.7. The molecule has 2 N–H and O–H groups in total. The highest BCUT2D eigenvalue weighted by Gasteiger charge is 2.25. The Morgan fingerprint density at radius 1 is 1.31 bits per heavy atom. The van der Waals surface area contributed by atoms with Crippen LogP contribution in [0.4, 0.5) is 5.69 Å². The van der Waals surface area contributed by atoms with Crippen molar-refractivity contribution >= 4 is 40.4 Å². The minimum Gasteiger partial charge on any atom is -0.506 e. The molecule has 1 amide bonds. The van der Waals surface area contributed by atoms with Crippen molar-refractivity contribution in [2.45, 2.75) is 33.3 Å². The number of benzene rings is 2. The second-order valence-corrected chi connectivity index (χ2v) is 7.67. The van der Waals surface area contributed by atoms with Crippen molar-refractivity contribution in [1.82, 2.24) is 5.32 Å². The van der Waals surface area contributed by atoms with E-state index in [4.69, 9.17) is 4.74 Å². The van der Waals surface area contributed by atoms with Gasteiger partial charge in [-0.25, -0.2) is 4.99 Å². The predicted octanol–water partition coefficient (Wildman–Crippen LogP) is 4.34. The average molecular weight is 410 g/mol. The number of phenols is 1. The zero-order chi connectivity index (χ0) is 21.0. The summed E-state index contributed by atoms with van der Waals surface area (Å²) in [5.74, 6) is 0.263. The molecule has 150 valence electrons. The predicted molar refractivity (Wildman–Crippen MR) is 115 cm³/mol. The van der Waals surface area contributed by atoms with Crippen LogP contribution in [0.5, 0.6) is 11.5 Å². The van der Waals surface area contributed by atoms with Gasteiger partial charge in [-0.05, 0) is 61.9 Å². The Balaban J connectivity index is 1.85. The van der Waals surface area contributed by atoms with Crippen LogP contribution in [0, 0.1) is 6.92 Å². The summed E-state index contributed by atoms with van der Waals surface area (Å²) in [4.78, 5) is 28.9. The van der Waals surface area contributed by atoms with Crippen LogP contribution in [0.2, 0.25) is 0 Å². The number of hydrogen-bond acceptors (Lipinski definition) is 6. The van der Waals surface area contributed by atoms with Crippen molar-refractivity contribution < 1.29 is 19.4 Å². The highest BCUT2D eigenvalue weighted by atomic mass is 32.2. The summed E-state index contributed by atoms with van der Waals surface area (Å²) in [6, 6.07) is 12.4. The van der Waals surface area contributed by atoms with Crippen molar-refractivity contribution in [3.8, 4) is 11.5 Å². The molecule has 1 saturated heterocycles. The quantitative estimate of drug-likeness (QED) is 0.692. The smallest absolute Gasteiger partial charge is 0.264 e. The van der Waals surface area contributed by atoms with Crippen LogP contribution >= 0.6 is 11.8 Å². The number of aromatic hydroxyl groups is 1. The van der Waals surface area contributed by atoms with Crippen LogP contribution in [-0.2, 0) is 9.59 Å². The molecule has 2 aromatic rings. The number of Topliss-reactive ketones (excluding diaryl/α,β-unsaturated/α-hetero) is 1. The molecule has 2 aromatic carbocycles. The molecule has 1 atom stereocenters. The molecule has 3 rings (SSSR count). The number of ether oxygens (including phenoxy) is 1. The second kappa shape index (κ2) is 8.96. The minimum atomic E-state index is -0.527. The fourth-order valence-corrected chi connectivity index (χ4v) is 3.60. The number of amides is 1. The second-order valence-electron chi connectivity index (χ2n) is 6.64. The van der Waals surface area contributed by atoms with Crippen LogP contribution in [0.1, 0.15) is 31.4 Å². The summed E-state index contributed by atoms with van der Waals surface area (Å²) in [6.45, 7) is 5.26. The first-order valence-electron chi connectivity index (χ1n) is 9.22. The number of ketones is 1. The SMILES string of the molecule is CCC(Oc1ccccc1/C=C1\SC(=Nc2ccc(C)cc2O)NC1=O)C(C)=O. The van der Waals surface area contributed by atoms with Crippen LogP contribution in [-0.4, -0.2) is 28.1 Å². The third-order valence-corrected chi connectivity index (χ3v) is 5.21. The van der Waals surface area contributed by atoms with E-state index in [1.807, 2.05) is 38.1 Å². The van der Waals surface area contributed by atoms with Gasteiger partial charge in [-0.1, -0.05) is 31.2 Å². The molecule has 1 fully saturated rings. The Labute approximate surface area is 173 Å². The van der Waals surface area contributed by atoms with Gasteiger partial charge in [-0.2, -0.15) is 0 Å². The number of para-hydroxylation sites is 1. The summed E-state index contributed by atoms with van der Waals surface area (Å²) in [5, 5.41) is 13.1. The van der Waals surface area contributed by atoms with E-state index < -0.39 is 6.10 Å². The first-order chi connectivity index (χ1) is 13.9. The molecule has 0 bridgehead atoms. The lowest BCUT2D eigenvalue weighted by molar-refractivity contribution is -0.123. The molecule has 29 heavy (non-hydrogen) atoms. The Bertz CT molecular complexity index is 1010. The number of aliphatic imine (C=N–C) groups is 1. The fraction of sp³-hybridized carbons (Fsp3) is 0.227. The van der Waals surface area contributed by atoms with Gasteiger partial charge in [-0.15, -0.1) is 0 Å². The molecule has 0 aromatic heterocycles. The zero-order valence-corrected chi connectivity index (χ0v) is 17.2. The number of nitrogens with one attached hydrogen (secondary N) is 1. The van der Waals surface area contributed by atoms with Crippen molar-refractivity contribution in [3.63, 3.8) is 0 Å². The molecule has 1 aliphatic rings. The third-order valence-electron chi connectivity index (χ3n) is 4.30. The van der Waals surface area contributed by atoms with Gasteiger partial charge in [0.1, 0.15) is 17.2 Å². The molecule has 6 nitrogen and oxygen atoms in total. The van der Waals surface area contributed by atoms with E-state index in [1.54, 1.807) is 24.3 Å². The Morgan fingerprint density at radius 2 is 2.07 bits per heavy atom. The number of nitrogens with zero attached hydrogens (tertiary/aromatic N) is 1. The summed E-state index contributed by atoms with van der Waals surface area (Å²) in [7, 11) is 0. The highest BCUT2D eigenvalue weighted by molar-refractivity contribution is 8.18. The van der Waals surface area contributed by atoms with E-state index in [2.05, 4.69) is 10.3 Å². The highest BCUT2D eigenvalue weighted by Crippen LogP contribution is 2.33. The summed E-state index contributed by atoms with van der Waals surface area (Å²) < 4.78 is 5.85. The monoisotopic (exact) mass is 410 g/mol. The van der Waals surface area contributed by atoms with Gasteiger partial charge >= 0.3 is 0 Å². The van der Waals surface area contributed by atoms with Crippen LogP contribution in [0.15, 0.2) is 52.4 Å². The zero-order valence-electron chi connectivity index (χ0n) is 16.4. The van der Waals surface area contributed by atoms with Gasteiger partial charge in [0.2, 0.25) is 0 Å². The molecule has 0 spiro atoms. The van der Waals surface area contributed by atoms with E-state index in [0.717, 1.165) is 5.56 Å². The number of carbonyl (C=O) groups is 2. The van der Waals surface area contributed by atoms with Crippen LogP contribution in [0.3, 0.4) is 0 Å². The largest absolute Gasteiger partial charge is 0.506 e. The van der Waals surface area contributed by atoms with E-state index >= 15 is 0 Å². The number of amidine groups is 1. The standard InChI is InChI=1S/C22H22N2O4S/c1-4-18(14(3)25)28-19-8-6-5-7-15(19)12-20-21(27)24-22(29-20)23-16-10-9-13(2)11-17(16)26/h5-12,18,26H,4H2,1-3H3,(H,23,24,27)/b20-12-. The van der Waals surface area contributed by atoms with E-state index in [9.17, 15) is 14.7 Å². The maximum atomic E-state index is 12.4. The summed E-state index contributed by atoms with van der Waals surface area (Å²) in [5.41, 5.74) is 2.00. The fourth-order valence-electron chi connectivity index (χ4n) is 2.77. The summed E-state index contributed by atoms with van der Waals surface area (Å²) >= 11 is 1.18. The molecule has 0 saturated carbocycles. The number of hydrogen-bond donors (Lipinski definition) is 2. The molecular formula is C22H22N2O4S. The molecule has 1 aliphatic heterocycles. The van der Waals surface area contributed by atoms with Gasteiger partial charge in [0.25, 0.3) is 5.91 Å². The molecule has 0 aliphatic carbocycles. The van der Waals surface area contributed by atoms with Crippen molar-refractivity contribution in [2.24, 2.45) is 4.99 Å². The number of thioether (sulfide) groups is 1. The van der Waals surface area contributed by atoms with Crippen LogP contribution < -0.4 is 10.1 Å². The maximum Gasteiger partial charge on any atom is 0.264 e. The normalized spacial score (nSPS) is 17.4. The molecular weight excluding hydrogens is 388 g/mol. The minimum absolute atomic E-state index is 0.0461. The Kier molecular flexibility index (Phi) is 6.39. The first-order valence-corrected chi connectivity index (χ1v) is 10.0. The van der Waals surface area contributed by atoms with Gasteiger partial charge < -0.3 is 15.2 Å². The Hall–Kier alpha value is -3.06. The topological polar surface area (TPSA) is 88.0 Å². The Morgan fingerprint density at radius 3 is 2.76 bits per heavy atom. The van der Waals surface area contributed by atoms with Gasteiger partial charge in [0, 0.05) is 5.56 Å². The van der Waals surface area contributed by atoms with Crippen molar-refractivity contribution in [2.75, 3.05) is 0 Å². The third kappa shape index (κ3) is 5.06. The average Bonchev–Trinajstić information content (AvgIpc) is 3.02. The number of carbonyl (C=O) groups excluding carboxylic acids is 2. The molecule has 7 heteroatoms. The summed E-state index contributed by atoms with van der Waals surface area (Å²) in [6.07, 6.45) is 1.74. The number of aryl methyl sites for hydroxylation is 1. The van der Waals surface area contributed by atoms with Gasteiger partial charge in [0.05, 0.1) is 4.91 Å². The molecule has 0 radical (unpaired) electrons. The van der Waals surface area contributed by atoms with Gasteiger partial charge in [0.15, 0.2) is 17.1 Å². The van der Waals surface area contributed by atoms with Crippen molar-refractivity contribution in [3.05, 3.63) is 58.5 Å². The number of phenolic OH excluding ortho intramolecular Hbond substituents is 1. The lowest BCUT2D eigenvalue weighted by atomic mass is 10.1. The van der Waals surface area contributed by atoms with E-state index in [0.29, 0.717) is 33.5 Å². The van der Waals surface area contributed by atoms with Crippen LogP contribution in [0.25, 0.3) is 6.08 Å². The lowest BCUT2D eigenvalue weighted by Crippen LogP contribution is -2.24. The van der Waals surface area contributed by atoms with Gasteiger partial charge in [-0.3, -0.25) is 9.59 Å². The van der Waals surface area contributed by atoms with E-state index in [-0.39, 0.29) is 17.4 Å². The van der Waals surface area contributed by atoms with E-state index in [1.165, 1.54) is 18.7 Å². The lowest BCUT2D eigenvalue weighted by Gasteiger charge is -2.16. The maximum absolute atomic E-state index is 12.4. The molecule has 1 unspecified atom stereocenters. The molecule has 1 heterocycles.